The minimum Gasteiger partial charge on any atom is -0.332 e. The first kappa shape index (κ1) is 14.0. The van der Waals surface area contributed by atoms with Crippen LogP contribution in [0, 0.1) is 0 Å². The van der Waals surface area contributed by atoms with Gasteiger partial charge in [0.15, 0.2) is 12.7 Å². The van der Waals surface area contributed by atoms with Crippen LogP contribution in [0.3, 0.4) is 0 Å². The van der Waals surface area contributed by atoms with Gasteiger partial charge in [0, 0.05) is 25.0 Å². The first-order chi connectivity index (χ1) is 9.92. The van der Waals surface area contributed by atoms with E-state index < -0.39 is 0 Å². The Balaban J connectivity index is 1.46. The van der Waals surface area contributed by atoms with Gasteiger partial charge >= 0.3 is 0 Å². The number of likely N-dealkylation sites (tertiary alicyclic amines) is 2. The van der Waals surface area contributed by atoms with Gasteiger partial charge in [-0.2, -0.15) is 0 Å². The van der Waals surface area contributed by atoms with Gasteiger partial charge < -0.3 is 9.80 Å². The predicted octanol–water partition coefficient (Wildman–Crippen LogP) is -0.493. The molecule has 3 heterocycles. The molecule has 2 fully saturated rings. The summed E-state index contributed by atoms with van der Waals surface area (Å²) in [7, 11) is 0. The van der Waals surface area contributed by atoms with E-state index >= 15 is 0 Å². The van der Waals surface area contributed by atoms with Crippen LogP contribution in [0.2, 0.25) is 0 Å². The van der Waals surface area contributed by atoms with Crippen LogP contribution in [0.5, 0.6) is 0 Å². The maximum atomic E-state index is 3.37. The molecule has 1 aromatic heterocycles. The number of H-pyrrole nitrogens is 1. The Labute approximate surface area is 123 Å². The Morgan fingerprint density at radius 1 is 0.950 bits per heavy atom. The molecule has 3 rings (SSSR count). The summed E-state index contributed by atoms with van der Waals surface area (Å²) in [4.78, 5) is 7.06. The highest BCUT2D eigenvalue weighted by atomic mass is 15.2. The second kappa shape index (κ2) is 7.19. The van der Waals surface area contributed by atoms with Crippen molar-refractivity contribution >= 4 is 0 Å². The summed E-state index contributed by atoms with van der Waals surface area (Å²) < 4.78 is 0. The van der Waals surface area contributed by atoms with Crippen molar-refractivity contribution in [2.24, 2.45) is 0 Å². The molecule has 1 aromatic rings. The zero-order valence-electron chi connectivity index (χ0n) is 12.7. The van der Waals surface area contributed by atoms with Crippen LogP contribution in [0.15, 0.2) is 24.4 Å². The van der Waals surface area contributed by atoms with Gasteiger partial charge in [0.2, 0.25) is 5.69 Å². The molecule has 0 bridgehead atoms. The average Bonchev–Trinajstić information content (AvgIpc) is 2.78. The Kier molecular flexibility index (Phi) is 5.04. The number of piperidine rings is 1. The quantitative estimate of drug-likeness (QED) is 0.744. The van der Waals surface area contributed by atoms with Crippen LogP contribution in [-0.4, -0.2) is 32.2 Å². The molecular weight excluding hydrogens is 246 g/mol. The van der Waals surface area contributed by atoms with Gasteiger partial charge in [-0.1, -0.05) is 0 Å². The largest absolute Gasteiger partial charge is 0.332 e. The summed E-state index contributed by atoms with van der Waals surface area (Å²) in [5, 5.41) is 0. The number of quaternary nitrogens is 2. The summed E-state index contributed by atoms with van der Waals surface area (Å²) in [5.74, 6) is 0. The van der Waals surface area contributed by atoms with Gasteiger partial charge in [-0.3, -0.25) is 0 Å². The maximum Gasteiger partial charge on any atom is 0.234 e. The number of hydrogen-bond acceptors (Lipinski definition) is 0. The zero-order chi connectivity index (χ0) is 13.6. The second-order valence-corrected chi connectivity index (χ2v) is 6.66. The van der Waals surface area contributed by atoms with E-state index in [0.29, 0.717) is 0 Å². The van der Waals surface area contributed by atoms with Gasteiger partial charge in [-0.05, 0) is 31.7 Å². The Morgan fingerprint density at radius 3 is 2.35 bits per heavy atom. The smallest absolute Gasteiger partial charge is 0.234 e. The molecule has 0 aromatic carbocycles. The van der Waals surface area contributed by atoms with E-state index in [0.717, 1.165) is 6.04 Å². The van der Waals surface area contributed by atoms with Crippen LogP contribution in [0.1, 0.15) is 44.2 Å². The van der Waals surface area contributed by atoms with Crippen LogP contribution in [0.4, 0.5) is 0 Å². The third-order valence-corrected chi connectivity index (χ3v) is 5.23. The lowest BCUT2D eigenvalue weighted by Gasteiger charge is -2.33. The van der Waals surface area contributed by atoms with Crippen molar-refractivity contribution in [3.8, 4) is 0 Å². The highest BCUT2D eigenvalue weighted by molar-refractivity contribution is 4.94. The van der Waals surface area contributed by atoms with E-state index in [2.05, 4.69) is 23.2 Å². The number of rotatable bonds is 3. The molecule has 2 saturated heterocycles. The maximum absolute atomic E-state index is 3.37. The number of nitrogens with one attached hydrogen (secondary N) is 3. The molecule has 20 heavy (non-hydrogen) atoms. The van der Waals surface area contributed by atoms with Gasteiger partial charge in [0.25, 0.3) is 0 Å². The molecule has 2 aliphatic rings. The fourth-order valence-corrected chi connectivity index (χ4v) is 4.01. The summed E-state index contributed by atoms with van der Waals surface area (Å²) in [6, 6.07) is 7.38. The fraction of sp³-hybridized carbons (Fsp3) is 0.706. The molecule has 3 heteroatoms. The zero-order valence-corrected chi connectivity index (χ0v) is 12.7. The van der Waals surface area contributed by atoms with E-state index in [1.54, 1.807) is 4.90 Å². The first-order valence-corrected chi connectivity index (χ1v) is 8.55. The van der Waals surface area contributed by atoms with Gasteiger partial charge in [0.05, 0.1) is 32.2 Å². The van der Waals surface area contributed by atoms with Crippen LogP contribution in [0.25, 0.3) is 0 Å². The number of aromatic nitrogens is 1. The van der Waals surface area contributed by atoms with E-state index in [4.69, 9.17) is 0 Å². The first-order valence-electron chi connectivity index (χ1n) is 8.55. The predicted molar refractivity (Wildman–Crippen MR) is 79.6 cm³/mol. The fourth-order valence-electron chi connectivity index (χ4n) is 4.01. The average molecular weight is 276 g/mol. The molecule has 0 spiro atoms. The number of pyridine rings is 1. The standard InChI is InChI=1S/C17H27N3/c1-2-6-12-20(11-5-1)17-8-13-19(14-9-17)15-16-7-3-4-10-18-16/h3-4,7,10,17H,1-2,5-6,8-9,11-15H2/p+3. The van der Waals surface area contributed by atoms with E-state index in [1.165, 1.54) is 76.9 Å². The molecule has 0 aliphatic carbocycles. The van der Waals surface area contributed by atoms with Gasteiger partial charge in [-0.25, -0.2) is 4.98 Å². The summed E-state index contributed by atoms with van der Waals surface area (Å²) >= 11 is 0. The van der Waals surface area contributed by atoms with Crippen molar-refractivity contribution < 1.29 is 14.8 Å². The number of aromatic amines is 1. The van der Waals surface area contributed by atoms with Crippen molar-refractivity contribution in [2.75, 3.05) is 26.2 Å². The SMILES string of the molecule is c1ccc(C[NH+]2CCC([NH+]3CCCCCC3)CC2)[nH+]c1. The Bertz CT molecular complexity index is 376. The van der Waals surface area contributed by atoms with E-state index in [9.17, 15) is 0 Å². The molecule has 0 atom stereocenters. The molecule has 3 N–H and O–H groups in total. The topological polar surface area (TPSA) is 23.0 Å². The molecule has 0 saturated carbocycles. The molecule has 2 aliphatic heterocycles. The molecule has 3 nitrogen and oxygen atoms in total. The van der Waals surface area contributed by atoms with Crippen molar-refractivity contribution in [3.63, 3.8) is 0 Å². The number of hydrogen-bond donors (Lipinski definition) is 2. The summed E-state index contributed by atoms with van der Waals surface area (Å²) in [6.07, 6.45) is 10.8. The molecule has 0 unspecified atom stereocenters. The summed E-state index contributed by atoms with van der Waals surface area (Å²) in [5.41, 5.74) is 1.38. The summed E-state index contributed by atoms with van der Waals surface area (Å²) in [6.45, 7) is 6.76. The monoisotopic (exact) mass is 276 g/mol. The van der Waals surface area contributed by atoms with Crippen molar-refractivity contribution in [3.05, 3.63) is 30.1 Å². The lowest BCUT2D eigenvalue weighted by atomic mass is 10.0. The lowest BCUT2D eigenvalue weighted by molar-refractivity contribution is -0.964. The minimum absolute atomic E-state index is 0.955. The Morgan fingerprint density at radius 2 is 1.70 bits per heavy atom. The minimum atomic E-state index is 0.955. The molecule has 110 valence electrons. The van der Waals surface area contributed by atoms with Crippen molar-refractivity contribution in [1.29, 1.82) is 0 Å². The Hall–Kier alpha value is -0.930. The van der Waals surface area contributed by atoms with Crippen molar-refractivity contribution in [1.82, 2.24) is 0 Å². The van der Waals surface area contributed by atoms with Crippen molar-refractivity contribution in [2.45, 2.75) is 51.1 Å². The lowest BCUT2D eigenvalue weighted by Crippen LogP contribution is -3.20. The van der Waals surface area contributed by atoms with E-state index in [1.807, 2.05) is 11.1 Å². The van der Waals surface area contributed by atoms with Crippen LogP contribution < -0.4 is 14.8 Å². The van der Waals surface area contributed by atoms with Gasteiger partial charge in [-0.15, -0.1) is 0 Å². The third-order valence-electron chi connectivity index (χ3n) is 5.23. The molecule has 0 amide bonds. The molecular formula is C17H30N3+3. The van der Waals surface area contributed by atoms with E-state index in [-0.39, 0.29) is 0 Å². The van der Waals surface area contributed by atoms with Gasteiger partial charge in [0.1, 0.15) is 0 Å². The highest BCUT2D eigenvalue weighted by Gasteiger charge is 2.30. The van der Waals surface area contributed by atoms with Crippen LogP contribution in [-0.2, 0) is 6.54 Å². The molecule has 0 radical (unpaired) electrons. The normalized spacial score (nSPS) is 29.0. The second-order valence-electron chi connectivity index (χ2n) is 6.66. The highest BCUT2D eigenvalue weighted by Crippen LogP contribution is 2.03. The third kappa shape index (κ3) is 3.80. The van der Waals surface area contributed by atoms with Crippen LogP contribution >= 0.6 is 0 Å².